The summed E-state index contributed by atoms with van der Waals surface area (Å²) in [5.41, 5.74) is 0. The molecule has 344 valence electrons. The van der Waals surface area contributed by atoms with Crippen molar-refractivity contribution in [2.24, 2.45) is 0 Å². The van der Waals surface area contributed by atoms with E-state index in [1.54, 1.807) is 0 Å². The van der Waals surface area contributed by atoms with Crippen molar-refractivity contribution in [1.82, 2.24) is 0 Å². The van der Waals surface area contributed by atoms with Crippen LogP contribution in [0.15, 0.2) is 72.9 Å². The van der Waals surface area contributed by atoms with E-state index in [0.29, 0.717) is 19.3 Å². The highest BCUT2D eigenvalue weighted by molar-refractivity contribution is 5.71. The molecule has 0 aliphatic carbocycles. The fourth-order valence-corrected chi connectivity index (χ4v) is 6.72. The number of carbonyl (C=O) groups is 3. The Labute approximate surface area is 370 Å². The number of hydrogen-bond donors (Lipinski definition) is 0. The molecule has 0 aliphatic rings. The first kappa shape index (κ1) is 56.9. The molecule has 0 saturated heterocycles. The van der Waals surface area contributed by atoms with Crippen LogP contribution >= 0.6 is 0 Å². The first-order valence-corrected chi connectivity index (χ1v) is 24.9. The zero-order valence-electron chi connectivity index (χ0n) is 39.2. The lowest BCUT2D eigenvalue weighted by atomic mass is 10.0. The van der Waals surface area contributed by atoms with E-state index in [0.717, 1.165) is 89.9 Å². The van der Waals surface area contributed by atoms with Crippen LogP contribution in [0.4, 0.5) is 0 Å². The molecule has 0 rings (SSSR count). The first-order chi connectivity index (χ1) is 29.5. The van der Waals surface area contributed by atoms with Gasteiger partial charge in [0.1, 0.15) is 13.2 Å². The molecule has 1 unspecified atom stereocenters. The van der Waals surface area contributed by atoms with E-state index in [-0.39, 0.29) is 31.6 Å². The average molecular weight is 837 g/mol. The molecular formula is C54H92O6. The quantitative estimate of drug-likeness (QED) is 0.0263. The second kappa shape index (κ2) is 48.5. The predicted octanol–water partition coefficient (Wildman–Crippen LogP) is 16.3. The molecule has 0 radical (unpaired) electrons. The van der Waals surface area contributed by atoms with E-state index in [1.807, 2.05) is 12.2 Å². The van der Waals surface area contributed by atoms with Crippen LogP contribution in [0.1, 0.15) is 233 Å². The Hall–Kier alpha value is -3.15. The minimum absolute atomic E-state index is 0.107. The van der Waals surface area contributed by atoms with E-state index in [9.17, 15) is 14.4 Å². The molecule has 6 heteroatoms. The van der Waals surface area contributed by atoms with Crippen LogP contribution in [0.5, 0.6) is 0 Å². The Morgan fingerprint density at radius 2 is 0.683 bits per heavy atom. The summed E-state index contributed by atoms with van der Waals surface area (Å²) in [5.74, 6) is -1.00. The van der Waals surface area contributed by atoms with Gasteiger partial charge in [0, 0.05) is 19.3 Å². The molecular weight excluding hydrogens is 745 g/mol. The fraction of sp³-hybridized carbons (Fsp3) is 0.722. The molecule has 0 aromatic carbocycles. The zero-order valence-corrected chi connectivity index (χ0v) is 39.2. The molecule has 0 aromatic rings. The molecule has 60 heavy (non-hydrogen) atoms. The highest BCUT2D eigenvalue weighted by atomic mass is 16.6. The highest BCUT2D eigenvalue weighted by Gasteiger charge is 2.19. The number of rotatable bonds is 44. The first-order valence-electron chi connectivity index (χ1n) is 24.9. The second-order valence-corrected chi connectivity index (χ2v) is 16.3. The standard InChI is InChI=1S/C54H92O6/c1-4-7-10-13-16-19-22-25-26-27-30-32-35-38-41-44-47-53(56)59-50-51(60-54(57)48-45-42-39-36-33-29-24-21-18-15-12-9-6-3)49-58-52(55)46-43-40-37-34-31-28-23-20-17-14-11-8-5-2/h9,12,18-19,21-22,26-27,29,33,39,42,51H,4-8,10-11,13-17,20,23-25,28,30-32,34-38,40-41,43-50H2,1-3H3/b12-9-,21-18-,22-19-,27-26-,33-29-,42-39-. The van der Waals surface area contributed by atoms with Crippen molar-refractivity contribution >= 4 is 17.9 Å². The van der Waals surface area contributed by atoms with Gasteiger partial charge < -0.3 is 14.2 Å². The maximum Gasteiger partial charge on any atom is 0.306 e. The molecule has 0 heterocycles. The molecule has 1 atom stereocenters. The molecule has 0 fully saturated rings. The van der Waals surface area contributed by atoms with Gasteiger partial charge in [-0.05, 0) is 77.0 Å². The van der Waals surface area contributed by atoms with Gasteiger partial charge in [0.15, 0.2) is 6.10 Å². The largest absolute Gasteiger partial charge is 0.462 e. The minimum atomic E-state index is -0.816. The van der Waals surface area contributed by atoms with Crippen molar-refractivity contribution in [2.75, 3.05) is 13.2 Å². The van der Waals surface area contributed by atoms with Crippen LogP contribution in [-0.4, -0.2) is 37.2 Å². The monoisotopic (exact) mass is 837 g/mol. The van der Waals surface area contributed by atoms with Crippen LogP contribution in [-0.2, 0) is 28.6 Å². The minimum Gasteiger partial charge on any atom is -0.462 e. The normalized spacial score (nSPS) is 12.7. The van der Waals surface area contributed by atoms with E-state index in [1.165, 1.54) is 96.3 Å². The molecule has 0 aromatic heterocycles. The molecule has 0 spiro atoms. The lowest BCUT2D eigenvalue weighted by Crippen LogP contribution is -2.30. The lowest BCUT2D eigenvalue weighted by molar-refractivity contribution is -0.166. The summed E-state index contributed by atoms with van der Waals surface area (Å²) in [7, 11) is 0. The summed E-state index contributed by atoms with van der Waals surface area (Å²) in [6.07, 6.45) is 60.4. The SMILES string of the molecule is CC/C=C\C/C=C\C/C=C\C/C=C\CCC(=O)OC(COC(=O)CCCCCCC/C=C\C/C=C\CCCCCC)COC(=O)CCCCCCCCCCCCCCC. The van der Waals surface area contributed by atoms with Crippen molar-refractivity contribution in [2.45, 2.75) is 239 Å². The number of unbranched alkanes of at least 4 members (excludes halogenated alkanes) is 21. The fourth-order valence-electron chi connectivity index (χ4n) is 6.72. The van der Waals surface area contributed by atoms with Gasteiger partial charge in [0.25, 0.3) is 0 Å². The number of allylic oxidation sites excluding steroid dienone is 12. The van der Waals surface area contributed by atoms with Crippen molar-refractivity contribution in [3.63, 3.8) is 0 Å². The Morgan fingerprint density at radius 1 is 0.350 bits per heavy atom. The van der Waals surface area contributed by atoms with Gasteiger partial charge in [0.05, 0.1) is 0 Å². The third-order valence-corrected chi connectivity index (χ3v) is 10.5. The van der Waals surface area contributed by atoms with E-state index >= 15 is 0 Å². The van der Waals surface area contributed by atoms with E-state index in [4.69, 9.17) is 14.2 Å². The lowest BCUT2D eigenvalue weighted by Gasteiger charge is -2.18. The van der Waals surface area contributed by atoms with Gasteiger partial charge in [0.2, 0.25) is 0 Å². The highest BCUT2D eigenvalue weighted by Crippen LogP contribution is 2.14. The van der Waals surface area contributed by atoms with Crippen LogP contribution in [0.3, 0.4) is 0 Å². The summed E-state index contributed by atoms with van der Waals surface area (Å²) in [5, 5.41) is 0. The Morgan fingerprint density at radius 3 is 1.10 bits per heavy atom. The van der Waals surface area contributed by atoms with Gasteiger partial charge in [-0.15, -0.1) is 0 Å². The Balaban J connectivity index is 4.48. The predicted molar refractivity (Wildman–Crippen MR) is 256 cm³/mol. The van der Waals surface area contributed by atoms with Gasteiger partial charge in [-0.2, -0.15) is 0 Å². The van der Waals surface area contributed by atoms with Crippen molar-refractivity contribution < 1.29 is 28.6 Å². The molecule has 0 aliphatic heterocycles. The summed E-state index contributed by atoms with van der Waals surface area (Å²) in [6, 6.07) is 0. The number of ether oxygens (including phenoxy) is 3. The van der Waals surface area contributed by atoms with Crippen LogP contribution in [0.25, 0.3) is 0 Å². The maximum absolute atomic E-state index is 12.7. The number of carbonyl (C=O) groups excluding carboxylic acids is 3. The van der Waals surface area contributed by atoms with Crippen LogP contribution in [0.2, 0.25) is 0 Å². The van der Waals surface area contributed by atoms with Gasteiger partial charge in [-0.25, -0.2) is 0 Å². The molecule has 0 bridgehead atoms. The van der Waals surface area contributed by atoms with Crippen LogP contribution in [0, 0.1) is 0 Å². The number of hydrogen-bond acceptors (Lipinski definition) is 6. The molecule has 0 amide bonds. The van der Waals surface area contributed by atoms with E-state index < -0.39 is 12.1 Å². The van der Waals surface area contributed by atoms with Crippen molar-refractivity contribution in [1.29, 1.82) is 0 Å². The maximum atomic E-state index is 12.7. The molecule has 0 N–H and O–H groups in total. The van der Waals surface area contributed by atoms with Crippen LogP contribution < -0.4 is 0 Å². The third-order valence-electron chi connectivity index (χ3n) is 10.5. The van der Waals surface area contributed by atoms with Gasteiger partial charge in [-0.1, -0.05) is 209 Å². The molecule has 6 nitrogen and oxygen atoms in total. The smallest absolute Gasteiger partial charge is 0.306 e. The van der Waals surface area contributed by atoms with Crippen molar-refractivity contribution in [3.8, 4) is 0 Å². The van der Waals surface area contributed by atoms with E-state index in [2.05, 4.69) is 81.5 Å². The molecule has 0 saturated carbocycles. The topological polar surface area (TPSA) is 78.9 Å². The van der Waals surface area contributed by atoms with Gasteiger partial charge >= 0.3 is 17.9 Å². The third kappa shape index (κ3) is 45.9. The summed E-state index contributed by atoms with van der Waals surface area (Å²) < 4.78 is 16.7. The summed E-state index contributed by atoms with van der Waals surface area (Å²) in [6.45, 7) is 6.43. The van der Waals surface area contributed by atoms with Gasteiger partial charge in [-0.3, -0.25) is 14.4 Å². The summed E-state index contributed by atoms with van der Waals surface area (Å²) in [4.78, 5) is 37.9. The zero-order chi connectivity index (χ0) is 43.7. The second-order valence-electron chi connectivity index (χ2n) is 16.3. The average Bonchev–Trinajstić information content (AvgIpc) is 3.24. The van der Waals surface area contributed by atoms with Crippen molar-refractivity contribution in [3.05, 3.63) is 72.9 Å². The summed E-state index contributed by atoms with van der Waals surface area (Å²) >= 11 is 0. The number of esters is 3. The Bertz CT molecular complexity index is 1140. The Kier molecular flexibility index (Phi) is 46.0.